The van der Waals surface area contributed by atoms with Gasteiger partial charge < -0.3 is 14.2 Å². The number of thiophene rings is 1. The predicted molar refractivity (Wildman–Crippen MR) is 89.0 cm³/mol. The summed E-state index contributed by atoms with van der Waals surface area (Å²) in [5, 5.41) is 5.88. The van der Waals surface area contributed by atoms with Crippen LogP contribution in [-0.4, -0.2) is 40.7 Å². The number of carbonyl (C=O) groups is 1. The van der Waals surface area contributed by atoms with Crippen LogP contribution in [0.5, 0.6) is 0 Å². The van der Waals surface area contributed by atoms with Crippen LogP contribution in [0.15, 0.2) is 22.4 Å². The van der Waals surface area contributed by atoms with E-state index >= 15 is 0 Å². The van der Waals surface area contributed by atoms with Gasteiger partial charge in [-0.2, -0.15) is 4.98 Å². The van der Waals surface area contributed by atoms with Crippen molar-refractivity contribution in [3.05, 3.63) is 34.1 Å². The maximum Gasteiger partial charge on any atom is 0.255 e. The molecule has 2 aliphatic rings. The molecule has 0 spiro atoms. The van der Waals surface area contributed by atoms with Gasteiger partial charge in [0.2, 0.25) is 6.39 Å². The number of hydrogen-bond donors (Lipinski definition) is 0. The first-order valence-electron chi connectivity index (χ1n) is 8.56. The molecule has 1 atom stereocenters. The lowest BCUT2D eigenvalue weighted by molar-refractivity contribution is -0.00574. The number of morpholine rings is 1. The number of nitrogens with zero attached hydrogens (tertiary/aromatic N) is 3. The van der Waals surface area contributed by atoms with Crippen molar-refractivity contribution in [1.82, 2.24) is 15.0 Å². The SMILES string of the molecule is O=C(c1csc(C2CCCCC2)c1)N1CCOCC1c1ncon1. The maximum absolute atomic E-state index is 13.0. The molecule has 0 radical (unpaired) electrons. The average molecular weight is 347 g/mol. The fraction of sp³-hybridized carbons (Fsp3) is 0.588. The van der Waals surface area contributed by atoms with Crippen LogP contribution in [0.2, 0.25) is 0 Å². The van der Waals surface area contributed by atoms with Gasteiger partial charge in [0, 0.05) is 16.8 Å². The minimum Gasteiger partial charge on any atom is -0.377 e. The predicted octanol–water partition coefficient (Wildman–Crippen LogP) is 3.39. The van der Waals surface area contributed by atoms with Gasteiger partial charge in [0.1, 0.15) is 6.04 Å². The van der Waals surface area contributed by atoms with E-state index in [1.807, 2.05) is 5.38 Å². The van der Waals surface area contributed by atoms with Crippen LogP contribution in [-0.2, 0) is 4.74 Å². The molecular weight excluding hydrogens is 326 g/mol. The van der Waals surface area contributed by atoms with Gasteiger partial charge in [-0.1, -0.05) is 24.4 Å². The zero-order valence-electron chi connectivity index (χ0n) is 13.5. The van der Waals surface area contributed by atoms with Crippen LogP contribution in [0.1, 0.15) is 65.1 Å². The van der Waals surface area contributed by atoms with Crippen molar-refractivity contribution in [2.24, 2.45) is 0 Å². The number of carbonyl (C=O) groups excluding carboxylic acids is 1. The van der Waals surface area contributed by atoms with Crippen molar-refractivity contribution in [2.45, 2.75) is 44.1 Å². The van der Waals surface area contributed by atoms with Crippen LogP contribution >= 0.6 is 11.3 Å². The highest BCUT2D eigenvalue weighted by Crippen LogP contribution is 2.36. The van der Waals surface area contributed by atoms with E-state index in [1.165, 1.54) is 43.4 Å². The van der Waals surface area contributed by atoms with E-state index in [4.69, 9.17) is 9.26 Å². The molecule has 1 aliphatic carbocycles. The first-order chi connectivity index (χ1) is 11.8. The average Bonchev–Trinajstić information content (AvgIpc) is 3.34. The van der Waals surface area contributed by atoms with Crippen molar-refractivity contribution in [1.29, 1.82) is 0 Å². The van der Waals surface area contributed by atoms with E-state index in [0.29, 0.717) is 31.5 Å². The monoisotopic (exact) mass is 347 g/mol. The molecule has 4 rings (SSSR count). The molecule has 1 unspecified atom stereocenters. The second-order valence-electron chi connectivity index (χ2n) is 6.45. The molecule has 1 saturated carbocycles. The number of aromatic nitrogens is 2. The number of rotatable bonds is 3. The highest BCUT2D eigenvalue weighted by Gasteiger charge is 2.32. The Kier molecular flexibility index (Phi) is 4.62. The van der Waals surface area contributed by atoms with E-state index < -0.39 is 0 Å². The smallest absolute Gasteiger partial charge is 0.255 e. The molecular formula is C17H21N3O3S. The lowest BCUT2D eigenvalue weighted by Gasteiger charge is -2.33. The van der Waals surface area contributed by atoms with E-state index in [2.05, 4.69) is 16.2 Å². The molecule has 7 heteroatoms. The van der Waals surface area contributed by atoms with Gasteiger partial charge in [-0.05, 0) is 24.8 Å². The Morgan fingerprint density at radius 2 is 2.17 bits per heavy atom. The van der Waals surface area contributed by atoms with Crippen molar-refractivity contribution >= 4 is 17.2 Å². The van der Waals surface area contributed by atoms with Gasteiger partial charge in [-0.25, -0.2) is 0 Å². The third kappa shape index (κ3) is 3.10. The highest BCUT2D eigenvalue weighted by molar-refractivity contribution is 7.10. The van der Waals surface area contributed by atoms with Gasteiger partial charge in [0.15, 0.2) is 5.82 Å². The minimum atomic E-state index is -0.275. The molecule has 24 heavy (non-hydrogen) atoms. The molecule has 0 N–H and O–H groups in total. The minimum absolute atomic E-state index is 0.0337. The largest absolute Gasteiger partial charge is 0.377 e. The quantitative estimate of drug-likeness (QED) is 0.851. The molecule has 0 bridgehead atoms. The van der Waals surface area contributed by atoms with E-state index in [1.54, 1.807) is 16.2 Å². The standard InChI is InChI=1S/C17H21N3O3S/c21-17(13-8-15(24-10-13)12-4-2-1-3-5-12)20-6-7-22-9-14(20)16-18-11-23-19-16/h8,10-12,14H,1-7,9H2. The van der Waals surface area contributed by atoms with Crippen molar-refractivity contribution < 1.29 is 14.1 Å². The molecule has 6 nitrogen and oxygen atoms in total. The Bertz CT molecular complexity index is 679. The molecule has 2 aromatic heterocycles. The van der Waals surface area contributed by atoms with Crippen LogP contribution in [0.25, 0.3) is 0 Å². The van der Waals surface area contributed by atoms with Gasteiger partial charge in [0.05, 0.1) is 18.8 Å². The zero-order valence-corrected chi connectivity index (χ0v) is 14.3. The van der Waals surface area contributed by atoms with Crippen LogP contribution in [0.3, 0.4) is 0 Å². The summed E-state index contributed by atoms with van der Waals surface area (Å²) in [5.74, 6) is 1.17. The topological polar surface area (TPSA) is 68.5 Å². The summed E-state index contributed by atoms with van der Waals surface area (Å²) in [5.41, 5.74) is 0.774. The third-order valence-electron chi connectivity index (χ3n) is 4.94. The van der Waals surface area contributed by atoms with Crippen LogP contribution in [0.4, 0.5) is 0 Å². The number of amides is 1. The van der Waals surface area contributed by atoms with Crippen molar-refractivity contribution in [3.8, 4) is 0 Å². The Labute approximate surface area is 144 Å². The second kappa shape index (κ2) is 7.03. The van der Waals surface area contributed by atoms with Gasteiger partial charge in [-0.15, -0.1) is 11.3 Å². The van der Waals surface area contributed by atoms with Gasteiger partial charge >= 0.3 is 0 Å². The molecule has 2 fully saturated rings. The van der Waals surface area contributed by atoms with E-state index in [0.717, 1.165) is 5.56 Å². The summed E-state index contributed by atoms with van der Waals surface area (Å²) in [7, 11) is 0. The fourth-order valence-corrected chi connectivity index (χ4v) is 4.67. The zero-order chi connectivity index (χ0) is 16.4. The summed E-state index contributed by atoms with van der Waals surface area (Å²) >= 11 is 1.72. The van der Waals surface area contributed by atoms with Crippen LogP contribution in [0, 0.1) is 0 Å². The fourth-order valence-electron chi connectivity index (χ4n) is 3.62. The Hall–Kier alpha value is -1.73. The van der Waals surface area contributed by atoms with E-state index in [9.17, 15) is 4.79 Å². The summed E-state index contributed by atoms with van der Waals surface area (Å²) in [6.45, 7) is 1.50. The van der Waals surface area contributed by atoms with E-state index in [-0.39, 0.29) is 11.9 Å². The lowest BCUT2D eigenvalue weighted by atomic mass is 9.88. The highest BCUT2D eigenvalue weighted by atomic mass is 32.1. The molecule has 0 aromatic carbocycles. The Morgan fingerprint density at radius 3 is 2.96 bits per heavy atom. The summed E-state index contributed by atoms with van der Waals surface area (Å²) in [6, 6.07) is 1.81. The molecule has 1 amide bonds. The maximum atomic E-state index is 13.0. The summed E-state index contributed by atoms with van der Waals surface area (Å²) < 4.78 is 10.3. The van der Waals surface area contributed by atoms with Gasteiger partial charge in [0.25, 0.3) is 5.91 Å². The molecule has 128 valence electrons. The summed E-state index contributed by atoms with van der Waals surface area (Å²) in [6.07, 6.45) is 7.73. The summed E-state index contributed by atoms with van der Waals surface area (Å²) in [4.78, 5) is 20.2. The number of ether oxygens (including phenoxy) is 1. The Morgan fingerprint density at radius 1 is 1.29 bits per heavy atom. The first-order valence-corrected chi connectivity index (χ1v) is 9.44. The molecule has 1 aliphatic heterocycles. The normalized spacial score (nSPS) is 22.7. The van der Waals surface area contributed by atoms with Crippen molar-refractivity contribution in [3.63, 3.8) is 0 Å². The lowest BCUT2D eigenvalue weighted by Crippen LogP contribution is -2.43. The molecule has 1 saturated heterocycles. The van der Waals surface area contributed by atoms with Crippen LogP contribution < -0.4 is 0 Å². The van der Waals surface area contributed by atoms with Crippen molar-refractivity contribution in [2.75, 3.05) is 19.8 Å². The first kappa shape index (κ1) is 15.8. The van der Waals surface area contributed by atoms with Gasteiger partial charge in [-0.3, -0.25) is 4.79 Å². The molecule has 3 heterocycles. The number of hydrogen-bond acceptors (Lipinski definition) is 6. The molecule has 2 aromatic rings. The Balaban J connectivity index is 1.52. The third-order valence-corrected chi connectivity index (χ3v) is 6.04. The second-order valence-corrected chi connectivity index (χ2v) is 7.39.